The first-order chi connectivity index (χ1) is 12.5. The predicted octanol–water partition coefficient (Wildman–Crippen LogP) is 1.39. The summed E-state index contributed by atoms with van der Waals surface area (Å²) < 4.78 is 0. The Morgan fingerprint density at radius 3 is 2.54 bits per heavy atom. The normalized spacial score (nSPS) is 20.5. The van der Waals surface area contributed by atoms with Gasteiger partial charge in [0.2, 0.25) is 0 Å². The van der Waals surface area contributed by atoms with Crippen molar-refractivity contribution in [2.45, 2.75) is 26.3 Å². The average Bonchev–Trinajstić information content (AvgIpc) is 2.89. The van der Waals surface area contributed by atoms with Crippen LogP contribution in [0.4, 0.5) is 11.4 Å². The highest BCUT2D eigenvalue weighted by Crippen LogP contribution is 2.23. The van der Waals surface area contributed by atoms with Gasteiger partial charge in [-0.1, -0.05) is 13.8 Å². The van der Waals surface area contributed by atoms with Crippen LogP contribution in [0.2, 0.25) is 0 Å². The predicted molar refractivity (Wildman–Crippen MR) is 101 cm³/mol. The molecular formula is C19H26N4O3. The summed E-state index contributed by atoms with van der Waals surface area (Å²) in [6, 6.07) is 7.03. The van der Waals surface area contributed by atoms with Crippen LogP contribution in [0.5, 0.6) is 0 Å². The Bertz CT molecular complexity index is 706. The second kappa shape index (κ2) is 7.78. The number of piperazine rings is 1. The number of nitrogens with one attached hydrogen (secondary N) is 3. The molecule has 0 saturated carbocycles. The van der Waals surface area contributed by atoms with Crippen molar-refractivity contribution in [3.05, 3.63) is 35.6 Å². The van der Waals surface area contributed by atoms with E-state index in [0.29, 0.717) is 18.0 Å². The molecule has 0 aliphatic carbocycles. The van der Waals surface area contributed by atoms with Crippen molar-refractivity contribution in [3.63, 3.8) is 0 Å². The first kappa shape index (κ1) is 18.3. The van der Waals surface area contributed by atoms with E-state index in [1.165, 1.54) is 0 Å². The topological polar surface area (TPSA) is 93.7 Å². The molecule has 2 aliphatic heterocycles. The molecule has 1 aromatic carbocycles. The maximum Gasteiger partial charge on any atom is 0.264 e. The lowest BCUT2D eigenvalue weighted by atomic mass is 10.0. The van der Waals surface area contributed by atoms with Gasteiger partial charge < -0.3 is 26.0 Å². The maximum atomic E-state index is 12.4. The summed E-state index contributed by atoms with van der Waals surface area (Å²) in [7, 11) is 0. The molecule has 1 unspecified atom stereocenters. The first-order valence-corrected chi connectivity index (χ1v) is 9.06. The van der Waals surface area contributed by atoms with Crippen molar-refractivity contribution in [2.24, 2.45) is 5.92 Å². The molecular weight excluding hydrogens is 332 g/mol. The third-order valence-electron chi connectivity index (χ3n) is 4.66. The number of amides is 2. The second-order valence-corrected chi connectivity index (χ2v) is 7.15. The molecule has 4 N–H and O–H groups in total. The number of benzene rings is 1. The largest absolute Gasteiger partial charge is 0.509 e. The number of carbonyl (C=O) groups excluding carboxylic acids is 2. The van der Waals surface area contributed by atoms with Gasteiger partial charge in [0.15, 0.2) is 0 Å². The highest BCUT2D eigenvalue weighted by molar-refractivity contribution is 6.24. The highest BCUT2D eigenvalue weighted by atomic mass is 16.3. The van der Waals surface area contributed by atoms with E-state index in [-0.39, 0.29) is 11.3 Å². The number of rotatable bonds is 5. The van der Waals surface area contributed by atoms with Crippen LogP contribution in [0.15, 0.2) is 35.6 Å². The minimum atomic E-state index is -0.582. The number of hydrogen-bond donors (Lipinski definition) is 4. The molecule has 2 aliphatic rings. The molecule has 1 fully saturated rings. The lowest BCUT2D eigenvalue weighted by Gasteiger charge is -2.29. The molecule has 26 heavy (non-hydrogen) atoms. The molecule has 7 nitrogen and oxygen atoms in total. The van der Waals surface area contributed by atoms with Crippen LogP contribution >= 0.6 is 0 Å². The van der Waals surface area contributed by atoms with Gasteiger partial charge in [0.25, 0.3) is 11.8 Å². The van der Waals surface area contributed by atoms with Gasteiger partial charge in [-0.25, -0.2) is 0 Å². The summed E-state index contributed by atoms with van der Waals surface area (Å²) >= 11 is 0. The van der Waals surface area contributed by atoms with Crippen molar-refractivity contribution >= 4 is 23.2 Å². The van der Waals surface area contributed by atoms with E-state index in [4.69, 9.17) is 0 Å². The van der Waals surface area contributed by atoms with E-state index in [0.717, 1.165) is 31.9 Å². The molecule has 0 aromatic heterocycles. The lowest BCUT2D eigenvalue weighted by Crippen LogP contribution is -2.43. The Morgan fingerprint density at radius 2 is 1.92 bits per heavy atom. The Morgan fingerprint density at radius 1 is 1.27 bits per heavy atom. The van der Waals surface area contributed by atoms with E-state index in [2.05, 4.69) is 20.9 Å². The fourth-order valence-corrected chi connectivity index (χ4v) is 3.32. The molecule has 2 heterocycles. The van der Waals surface area contributed by atoms with E-state index in [1.54, 1.807) is 0 Å². The van der Waals surface area contributed by atoms with Crippen molar-refractivity contribution in [2.75, 3.05) is 36.4 Å². The maximum absolute atomic E-state index is 12.4. The quantitative estimate of drug-likeness (QED) is 0.597. The summed E-state index contributed by atoms with van der Waals surface area (Å²) in [6.45, 7) is 7.81. The zero-order valence-electron chi connectivity index (χ0n) is 15.2. The van der Waals surface area contributed by atoms with Gasteiger partial charge in [-0.05, 0) is 36.6 Å². The first-order valence-electron chi connectivity index (χ1n) is 9.06. The van der Waals surface area contributed by atoms with Crippen molar-refractivity contribution in [3.8, 4) is 0 Å². The molecule has 3 rings (SSSR count). The van der Waals surface area contributed by atoms with Gasteiger partial charge in [-0.2, -0.15) is 0 Å². The van der Waals surface area contributed by atoms with E-state index < -0.39 is 17.9 Å². The Balaban J connectivity index is 1.67. The van der Waals surface area contributed by atoms with Crippen LogP contribution in [0.3, 0.4) is 0 Å². The number of hydrogen-bond acceptors (Lipinski definition) is 5. The average molecular weight is 358 g/mol. The summed E-state index contributed by atoms with van der Waals surface area (Å²) in [5.41, 5.74) is 1.50. The van der Waals surface area contributed by atoms with Crippen LogP contribution in [0, 0.1) is 5.92 Å². The summed E-state index contributed by atoms with van der Waals surface area (Å²) in [6.07, 6.45) is 0.591. The van der Waals surface area contributed by atoms with Gasteiger partial charge in [-0.3, -0.25) is 9.59 Å². The number of nitrogens with zero attached hydrogens (tertiary/aromatic N) is 1. The lowest BCUT2D eigenvalue weighted by molar-refractivity contribution is -0.120. The Hall–Kier alpha value is -2.54. The van der Waals surface area contributed by atoms with Gasteiger partial charge >= 0.3 is 0 Å². The number of anilines is 2. The van der Waals surface area contributed by atoms with Crippen molar-refractivity contribution < 1.29 is 14.7 Å². The van der Waals surface area contributed by atoms with Crippen LogP contribution in [-0.2, 0) is 9.59 Å². The molecule has 0 spiro atoms. The number of carbonyl (C=O) groups is 2. The van der Waals surface area contributed by atoms with Crippen LogP contribution in [0.25, 0.3) is 0 Å². The second-order valence-electron chi connectivity index (χ2n) is 7.15. The zero-order valence-corrected chi connectivity index (χ0v) is 15.2. The summed E-state index contributed by atoms with van der Waals surface area (Å²) in [5.74, 6) is -0.981. The molecule has 1 aromatic rings. The fraction of sp³-hybridized carbons (Fsp3) is 0.474. The molecule has 7 heteroatoms. The molecule has 0 bridgehead atoms. The molecule has 1 atom stereocenters. The Labute approximate surface area is 153 Å². The molecule has 1 saturated heterocycles. The van der Waals surface area contributed by atoms with E-state index >= 15 is 0 Å². The fourth-order valence-electron chi connectivity index (χ4n) is 3.32. The third-order valence-corrected chi connectivity index (χ3v) is 4.66. The zero-order chi connectivity index (χ0) is 18.7. The minimum Gasteiger partial charge on any atom is -0.509 e. The van der Waals surface area contributed by atoms with Gasteiger partial charge in [-0.15, -0.1) is 0 Å². The van der Waals surface area contributed by atoms with Gasteiger partial charge in [0, 0.05) is 37.6 Å². The van der Waals surface area contributed by atoms with Gasteiger partial charge in [0.1, 0.15) is 11.3 Å². The van der Waals surface area contributed by atoms with Crippen molar-refractivity contribution in [1.29, 1.82) is 0 Å². The molecule has 0 radical (unpaired) electrons. The van der Waals surface area contributed by atoms with Crippen LogP contribution in [0.1, 0.15) is 20.3 Å². The summed E-state index contributed by atoms with van der Waals surface area (Å²) in [5, 5.41) is 18.9. The highest BCUT2D eigenvalue weighted by Gasteiger charge is 2.36. The van der Waals surface area contributed by atoms with Crippen molar-refractivity contribution in [1.82, 2.24) is 10.6 Å². The minimum absolute atomic E-state index is 0.168. The molecule has 2 amide bonds. The number of aliphatic hydroxyl groups is 1. The third kappa shape index (κ3) is 3.99. The van der Waals surface area contributed by atoms with E-state index in [9.17, 15) is 14.7 Å². The summed E-state index contributed by atoms with van der Waals surface area (Å²) in [4.78, 5) is 26.8. The number of aliphatic hydroxyl groups excluding tert-OH is 1. The monoisotopic (exact) mass is 358 g/mol. The standard InChI is InChI=1S/C19H26N4O3/c1-12(2)11-15-17(24)16(19(26)22-15)18(25)21-13-3-5-14(6-4-13)23-9-7-20-8-10-23/h3-6,12,15,20,24H,7-11H2,1-2H3,(H,21,25)(H,22,26). The smallest absolute Gasteiger partial charge is 0.264 e. The van der Waals surface area contributed by atoms with E-state index in [1.807, 2.05) is 38.1 Å². The Kier molecular flexibility index (Phi) is 5.46. The van der Waals surface area contributed by atoms with Gasteiger partial charge in [0.05, 0.1) is 6.04 Å². The van der Waals surface area contributed by atoms with Crippen LogP contribution < -0.4 is 20.9 Å². The SMILES string of the molecule is CC(C)CC1NC(=O)C(C(=O)Nc2ccc(N3CCNCC3)cc2)=C1O. The molecule has 140 valence electrons. The van der Waals surface area contributed by atoms with Crippen LogP contribution in [-0.4, -0.2) is 49.1 Å².